The van der Waals surface area contributed by atoms with Crippen molar-refractivity contribution < 1.29 is 18.9 Å². The maximum Gasteiger partial charge on any atom is 0.191 e. The standard InChI is InChI=1S/C17H29N3O4.HI/c1-18-17(19-8-5-9-24-11-10-21-2)20-13-14-6-7-15(22-3)16(12-14)23-4;/h6-7,12H,5,8-11,13H2,1-4H3,(H2,18,19,20);1H. The Morgan fingerprint density at radius 3 is 2.40 bits per heavy atom. The molecule has 0 aliphatic rings. The van der Waals surface area contributed by atoms with Crippen LogP contribution >= 0.6 is 24.0 Å². The summed E-state index contributed by atoms with van der Waals surface area (Å²) in [6.07, 6.45) is 0.904. The third-order valence-corrected chi connectivity index (χ3v) is 3.32. The highest BCUT2D eigenvalue weighted by molar-refractivity contribution is 14.0. The molecule has 0 aromatic heterocycles. The molecule has 0 atom stereocenters. The van der Waals surface area contributed by atoms with Gasteiger partial charge in [0.05, 0.1) is 27.4 Å². The fraction of sp³-hybridized carbons (Fsp3) is 0.588. The number of rotatable bonds is 11. The number of benzene rings is 1. The fourth-order valence-electron chi connectivity index (χ4n) is 2.02. The van der Waals surface area contributed by atoms with Gasteiger partial charge in [-0.05, 0) is 24.1 Å². The highest BCUT2D eigenvalue weighted by Gasteiger charge is 2.05. The molecule has 0 amide bonds. The molecule has 2 N–H and O–H groups in total. The summed E-state index contributed by atoms with van der Waals surface area (Å²) in [5, 5.41) is 6.52. The maximum atomic E-state index is 5.42. The normalized spacial score (nSPS) is 10.8. The average molecular weight is 467 g/mol. The van der Waals surface area contributed by atoms with Crippen LogP contribution in [0.15, 0.2) is 23.2 Å². The molecule has 0 heterocycles. The molecule has 0 unspecified atom stereocenters. The number of methoxy groups -OCH3 is 3. The lowest BCUT2D eigenvalue weighted by Gasteiger charge is -2.13. The Morgan fingerprint density at radius 1 is 1.00 bits per heavy atom. The van der Waals surface area contributed by atoms with Gasteiger partial charge in [0.2, 0.25) is 0 Å². The number of hydrogen-bond acceptors (Lipinski definition) is 5. The van der Waals surface area contributed by atoms with Crippen LogP contribution in [0.2, 0.25) is 0 Å². The maximum absolute atomic E-state index is 5.42. The Morgan fingerprint density at radius 2 is 1.76 bits per heavy atom. The molecule has 144 valence electrons. The molecule has 7 nitrogen and oxygen atoms in total. The summed E-state index contributed by atoms with van der Waals surface area (Å²) in [5.74, 6) is 2.19. The second kappa shape index (κ2) is 15.0. The van der Waals surface area contributed by atoms with Gasteiger partial charge in [0.1, 0.15) is 0 Å². The van der Waals surface area contributed by atoms with Gasteiger partial charge in [0.25, 0.3) is 0 Å². The van der Waals surface area contributed by atoms with E-state index in [0.717, 1.165) is 30.2 Å². The minimum atomic E-state index is 0. The summed E-state index contributed by atoms with van der Waals surface area (Å²) in [6.45, 7) is 3.39. The summed E-state index contributed by atoms with van der Waals surface area (Å²) in [5.41, 5.74) is 1.08. The third-order valence-electron chi connectivity index (χ3n) is 3.32. The van der Waals surface area contributed by atoms with Crippen LogP contribution in [0.25, 0.3) is 0 Å². The largest absolute Gasteiger partial charge is 0.493 e. The Hall–Kier alpha value is -1.26. The highest BCUT2D eigenvalue weighted by Crippen LogP contribution is 2.27. The second-order valence-electron chi connectivity index (χ2n) is 5.00. The first-order valence-corrected chi connectivity index (χ1v) is 7.97. The van der Waals surface area contributed by atoms with Gasteiger partial charge in [-0.2, -0.15) is 0 Å². The number of hydrogen-bond donors (Lipinski definition) is 2. The fourth-order valence-corrected chi connectivity index (χ4v) is 2.02. The van der Waals surface area contributed by atoms with Crippen LogP contribution in [0.1, 0.15) is 12.0 Å². The summed E-state index contributed by atoms with van der Waals surface area (Å²) >= 11 is 0. The number of nitrogens with one attached hydrogen (secondary N) is 2. The molecule has 0 saturated carbocycles. The molecule has 0 aliphatic carbocycles. The quantitative estimate of drug-likeness (QED) is 0.225. The third kappa shape index (κ3) is 9.71. The van der Waals surface area contributed by atoms with Crippen LogP contribution in [-0.4, -0.2) is 60.7 Å². The molecule has 0 saturated heterocycles. The van der Waals surface area contributed by atoms with Gasteiger partial charge < -0.3 is 29.6 Å². The SMILES string of the molecule is CN=C(NCCCOCCOC)NCc1ccc(OC)c(OC)c1.I. The van der Waals surface area contributed by atoms with Gasteiger partial charge in [0, 0.05) is 33.9 Å². The van der Waals surface area contributed by atoms with E-state index < -0.39 is 0 Å². The number of halogens is 1. The summed E-state index contributed by atoms with van der Waals surface area (Å²) < 4.78 is 20.9. The predicted octanol–water partition coefficient (Wildman–Crippen LogP) is 2.04. The van der Waals surface area contributed by atoms with E-state index in [1.54, 1.807) is 28.4 Å². The number of nitrogens with zero attached hydrogens (tertiary/aromatic N) is 1. The van der Waals surface area contributed by atoms with E-state index in [1.165, 1.54) is 0 Å². The van der Waals surface area contributed by atoms with Crippen LogP contribution in [0.3, 0.4) is 0 Å². The number of guanidine groups is 1. The molecule has 0 radical (unpaired) electrons. The lowest BCUT2D eigenvalue weighted by molar-refractivity contribution is 0.0698. The van der Waals surface area contributed by atoms with Crippen molar-refractivity contribution in [3.05, 3.63) is 23.8 Å². The van der Waals surface area contributed by atoms with Crippen molar-refractivity contribution in [3.63, 3.8) is 0 Å². The first kappa shape index (κ1) is 23.7. The number of aliphatic imine (C=N–C) groups is 1. The zero-order chi connectivity index (χ0) is 17.6. The molecule has 25 heavy (non-hydrogen) atoms. The summed E-state index contributed by atoms with van der Waals surface area (Å²) in [7, 11) is 6.67. The van der Waals surface area contributed by atoms with Crippen molar-refractivity contribution in [1.82, 2.24) is 10.6 Å². The Balaban J connectivity index is 0.00000576. The zero-order valence-electron chi connectivity index (χ0n) is 15.5. The minimum absolute atomic E-state index is 0. The van der Waals surface area contributed by atoms with Crippen LogP contribution < -0.4 is 20.1 Å². The van der Waals surface area contributed by atoms with E-state index in [0.29, 0.717) is 32.1 Å². The molecule has 0 fully saturated rings. The highest BCUT2D eigenvalue weighted by atomic mass is 127. The molecule has 0 aliphatic heterocycles. The Labute approximate surface area is 167 Å². The van der Waals surface area contributed by atoms with Crippen molar-refractivity contribution in [1.29, 1.82) is 0 Å². The molecular formula is C17H30IN3O4. The molecule has 0 bridgehead atoms. The Kier molecular flexibility index (Phi) is 14.3. The molecule has 1 rings (SSSR count). The van der Waals surface area contributed by atoms with E-state index in [4.69, 9.17) is 18.9 Å². The molecule has 1 aromatic rings. The predicted molar refractivity (Wildman–Crippen MR) is 110 cm³/mol. The molecular weight excluding hydrogens is 437 g/mol. The van der Waals surface area contributed by atoms with E-state index in [9.17, 15) is 0 Å². The Bertz CT molecular complexity index is 501. The van der Waals surface area contributed by atoms with Crippen molar-refractivity contribution in [2.45, 2.75) is 13.0 Å². The van der Waals surface area contributed by atoms with E-state index in [2.05, 4.69) is 15.6 Å². The van der Waals surface area contributed by atoms with Crippen molar-refractivity contribution in [2.75, 3.05) is 54.7 Å². The van der Waals surface area contributed by atoms with Crippen molar-refractivity contribution in [3.8, 4) is 11.5 Å². The van der Waals surface area contributed by atoms with Crippen LogP contribution in [-0.2, 0) is 16.0 Å². The van der Waals surface area contributed by atoms with Gasteiger partial charge in [-0.1, -0.05) is 6.07 Å². The summed E-state index contributed by atoms with van der Waals surface area (Å²) in [6, 6.07) is 5.83. The van der Waals surface area contributed by atoms with E-state index in [-0.39, 0.29) is 24.0 Å². The second-order valence-corrected chi connectivity index (χ2v) is 5.00. The first-order valence-electron chi connectivity index (χ1n) is 7.97. The monoisotopic (exact) mass is 467 g/mol. The minimum Gasteiger partial charge on any atom is -0.493 e. The summed E-state index contributed by atoms with van der Waals surface area (Å²) in [4.78, 5) is 4.20. The van der Waals surface area contributed by atoms with Crippen LogP contribution in [0, 0.1) is 0 Å². The van der Waals surface area contributed by atoms with Gasteiger partial charge in [-0.25, -0.2) is 0 Å². The first-order chi connectivity index (χ1) is 11.7. The van der Waals surface area contributed by atoms with E-state index in [1.807, 2.05) is 18.2 Å². The van der Waals surface area contributed by atoms with Crippen molar-refractivity contribution in [2.24, 2.45) is 4.99 Å². The topological polar surface area (TPSA) is 73.3 Å². The lowest BCUT2D eigenvalue weighted by Crippen LogP contribution is -2.37. The molecule has 0 spiro atoms. The zero-order valence-corrected chi connectivity index (χ0v) is 17.8. The smallest absolute Gasteiger partial charge is 0.191 e. The average Bonchev–Trinajstić information content (AvgIpc) is 2.63. The van der Waals surface area contributed by atoms with Gasteiger partial charge >= 0.3 is 0 Å². The lowest BCUT2D eigenvalue weighted by atomic mass is 10.2. The van der Waals surface area contributed by atoms with Gasteiger partial charge in [0.15, 0.2) is 17.5 Å². The van der Waals surface area contributed by atoms with Crippen LogP contribution in [0.4, 0.5) is 0 Å². The van der Waals surface area contributed by atoms with Crippen LogP contribution in [0.5, 0.6) is 11.5 Å². The van der Waals surface area contributed by atoms with Gasteiger partial charge in [-0.15, -0.1) is 24.0 Å². The van der Waals surface area contributed by atoms with Crippen molar-refractivity contribution >= 4 is 29.9 Å². The number of ether oxygens (including phenoxy) is 4. The van der Waals surface area contributed by atoms with Gasteiger partial charge in [-0.3, -0.25) is 4.99 Å². The molecule has 1 aromatic carbocycles. The van der Waals surface area contributed by atoms with E-state index >= 15 is 0 Å². The molecule has 8 heteroatoms.